The summed E-state index contributed by atoms with van der Waals surface area (Å²) in [6.07, 6.45) is -1.82. The van der Waals surface area contributed by atoms with Gasteiger partial charge in [0.1, 0.15) is 24.6 Å². The van der Waals surface area contributed by atoms with Crippen LogP contribution in [0.2, 0.25) is 5.02 Å². The average Bonchev–Trinajstić information content (AvgIpc) is 3.65. The lowest BCUT2D eigenvalue weighted by atomic mass is 10.2. The number of rotatable bonds is 8. The summed E-state index contributed by atoms with van der Waals surface area (Å²) in [5.41, 5.74) is 6.19. The summed E-state index contributed by atoms with van der Waals surface area (Å²) in [5, 5.41) is 18.7. The Balaban J connectivity index is 1.47. The molecule has 1 unspecified atom stereocenters. The first-order valence-corrected chi connectivity index (χ1v) is 12.5. The quantitative estimate of drug-likeness (QED) is 0.322. The highest BCUT2D eigenvalue weighted by Crippen LogP contribution is 2.30. The Morgan fingerprint density at radius 1 is 1.18 bits per heavy atom. The number of hydrogen-bond donors (Lipinski definition) is 2. The number of benzene rings is 1. The second-order valence-corrected chi connectivity index (χ2v) is 9.60. The van der Waals surface area contributed by atoms with Gasteiger partial charge in [-0.1, -0.05) is 11.6 Å². The number of carbonyl (C=O) groups excluding carboxylic acids is 1. The van der Waals surface area contributed by atoms with Crippen LogP contribution in [0.5, 0.6) is 0 Å². The molecule has 5 rings (SSSR count). The molecule has 40 heavy (non-hydrogen) atoms. The fourth-order valence-corrected chi connectivity index (χ4v) is 4.69. The van der Waals surface area contributed by atoms with E-state index in [-0.39, 0.29) is 18.2 Å². The summed E-state index contributed by atoms with van der Waals surface area (Å²) in [7, 11) is 0. The van der Waals surface area contributed by atoms with E-state index in [0.717, 1.165) is 15.7 Å². The average molecular weight is 578 g/mol. The van der Waals surface area contributed by atoms with Crippen LogP contribution in [0.3, 0.4) is 0 Å². The topological polar surface area (TPSA) is 150 Å². The highest BCUT2D eigenvalue weighted by molar-refractivity contribution is 6.30. The monoisotopic (exact) mass is 577 g/mol. The Hall–Kier alpha value is -4.24. The van der Waals surface area contributed by atoms with E-state index >= 15 is 0 Å². The van der Waals surface area contributed by atoms with Gasteiger partial charge in [0.15, 0.2) is 17.8 Å². The number of hydrogen-bond acceptors (Lipinski definition) is 8. The fourth-order valence-electron chi connectivity index (χ4n) is 4.57. The van der Waals surface area contributed by atoms with Crippen molar-refractivity contribution >= 4 is 23.2 Å². The maximum atomic E-state index is 13.1. The number of carbonyl (C=O) groups is 1. The number of aromatic nitrogens is 7. The third-order valence-corrected chi connectivity index (χ3v) is 6.76. The standard InChI is InChI=1S/C24H23ClF3N9O3/c25-15-5-3-14(4-6-15)22-33-36(23(40)35(22)11-19(38)24(26,27)28)12-20-31-13-37(32-20)18-10-30-8-7-16(18)34-9-1-2-17(34)21(29)39/h3-8,10,13,17,19,38H,1-2,9,11-12H2,(H2,29,39)/t17-,19?/m1/s1. The maximum absolute atomic E-state index is 13.1. The van der Waals surface area contributed by atoms with E-state index < -0.39 is 36.5 Å². The summed E-state index contributed by atoms with van der Waals surface area (Å²) in [6, 6.07) is 7.25. The zero-order valence-corrected chi connectivity index (χ0v) is 21.5. The van der Waals surface area contributed by atoms with Crippen molar-refractivity contribution < 1.29 is 23.1 Å². The van der Waals surface area contributed by atoms with E-state index in [1.807, 2.05) is 4.90 Å². The normalized spacial score (nSPS) is 16.4. The Labute approximate surface area is 229 Å². The molecule has 1 aliphatic rings. The van der Waals surface area contributed by atoms with Gasteiger partial charge in [0.05, 0.1) is 18.4 Å². The number of primary amides is 1. The van der Waals surface area contributed by atoms with Gasteiger partial charge in [0, 0.05) is 23.3 Å². The van der Waals surface area contributed by atoms with Crippen LogP contribution < -0.4 is 16.3 Å². The van der Waals surface area contributed by atoms with E-state index in [9.17, 15) is 27.9 Å². The molecule has 12 nitrogen and oxygen atoms in total. The van der Waals surface area contributed by atoms with Gasteiger partial charge in [0.25, 0.3) is 0 Å². The third-order valence-electron chi connectivity index (χ3n) is 6.50. The smallest absolute Gasteiger partial charge is 0.382 e. The predicted molar refractivity (Wildman–Crippen MR) is 137 cm³/mol. The van der Waals surface area contributed by atoms with E-state index in [4.69, 9.17) is 17.3 Å². The van der Waals surface area contributed by atoms with Crippen molar-refractivity contribution in [3.63, 3.8) is 0 Å². The van der Waals surface area contributed by atoms with Crippen LogP contribution >= 0.6 is 11.6 Å². The van der Waals surface area contributed by atoms with Gasteiger partial charge in [0.2, 0.25) is 5.91 Å². The second-order valence-electron chi connectivity index (χ2n) is 9.16. The van der Waals surface area contributed by atoms with Gasteiger partial charge in [-0.3, -0.25) is 14.3 Å². The van der Waals surface area contributed by atoms with E-state index in [1.54, 1.807) is 18.5 Å². The third kappa shape index (κ3) is 5.42. The first-order valence-electron chi connectivity index (χ1n) is 12.1. The molecular weight excluding hydrogens is 555 g/mol. The molecule has 210 valence electrons. The zero-order valence-electron chi connectivity index (χ0n) is 20.7. The highest BCUT2D eigenvalue weighted by Gasteiger charge is 2.39. The van der Waals surface area contributed by atoms with Crippen molar-refractivity contribution in [1.29, 1.82) is 0 Å². The predicted octanol–water partition coefficient (Wildman–Crippen LogP) is 1.77. The van der Waals surface area contributed by atoms with Crippen molar-refractivity contribution in [3.8, 4) is 17.1 Å². The number of nitrogens with two attached hydrogens (primary N) is 1. The lowest BCUT2D eigenvalue weighted by Gasteiger charge is -2.26. The lowest BCUT2D eigenvalue weighted by Crippen LogP contribution is -2.40. The van der Waals surface area contributed by atoms with Crippen LogP contribution in [-0.2, 0) is 17.9 Å². The SMILES string of the molecule is NC(=O)[C@H]1CCCN1c1ccncc1-n1cnc(Cn2nc(-c3ccc(Cl)cc3)n(CC(O)C(F)(F)F)c2=O)n1. The van der Waals surface area contributed by atoms with Crippen LogP contribution in [0.25, 0.3) is 17.1 Å². The van der Waals surface area contributed by atoms with Gasteiger partial charge in [-0.2, -0.15) is 13.2 Å². The molecule has 1 fully saturated rings. The number of aliphatic hydroxyl groups excluding tert-OH is 1. The number of halogens is 4. The largest absolute Gasteiger partial charge is 0.416 e. The number of alkyl halides is 3. The number of pyridine rings is 1. The van der Waals surface area contributed by atoms with E-state index in [2.05, 4.69) is 20.2 Å². The molecule has 0 bridgehead atoms. The molecule has 4 aromatic rings. The minimum atomic E-state index is -4.94. The van der Waals surface area contributed by atoms with Crippen LogP contribution in [0.1, 0.15) is 18.7 Å². The molecule has 3 N–H and O–H groups in total. The summed E-state index contributed by atoms with van der Waals surface area (Å²) >= 11 is 5.92. The molecule has 1 aromatic carbocycles. The van der Waals surface area contributed by atoms with E-state index in [0.29, 0.717) is 34.9 Å². The summed E-state index contributed by atoms with van der Waals surface area (Å²) in [4.78, 5) is 35.3. The fraction of sp³-hybridized carbons (Fsp3) is 0.333. The Morgan fingerprint density at radius 3 is 2.62 bits per heavy atom. The van der Waals surface area contributed by atoms with Gasteiger partial charge >= 0.3 is 11.9 Å². The Kier molecular flexibility index (Phi) is 7.33. The van der Waals surface area contributed by atoms with Crippen molar-refractivity contribution in [2.45, 2.75) is 44.3 Å². The molecule has 1 saturated heterocycles. The Morgan fingerprint density at radius 2 is 1.93 bits per heavy atom. The summed E-state index contributed by atoms with van der Waals surface area (Å²) in [5.74, 6) is -0.402. The number of amides is 1. The van der Waals surface area contributed by atoms with Gasteiger partial charge < -0.3 is 15.7 Å². The number of anilines is 1. The van der Waals surface area contributed by atoms with Crippen LogP contribution in [-0.4, -0.2) is 70.0 Å². The highest BCUT2D eigenvalue weighted by atomic mass is 35.5. The first kappa shape index (κ1) is 27.3. The van der Waals surface area contributed by atoms with Crippen LogP contribution in [0, 0.1) is 0 Å². The van der Waals surface area contributed by atoms with Crippen LogP contribution in [0.4, 0.5) is 18.9 Å². The molecule has 3 aromatic heterocycles. The molecule has 0 radical (unpaired) electrons. The number of aliphatic hydroxyl groups is 1. The first-order chi connectivity index (χ1) is 19.0. The van der Waals surface area contributed by atoms with Crippen LogP contribution in [0.15, 0.2) is 53.8 Å². The molecule has 2 atom stereocenters. The van der Waals surface area contributed by atoms with Gasteiger partial charge in [-0.15, -0.1) is 10.2 Å². The minimum absolute atomic E-state index is 0.0922. The van der Waals surface area contributed by atoms with Crippen molar-refractivity contribution in [3.05, 3.63) is 70.4 Å². The van der Waals surface area contributed by atoms with Gasteiger partial charge in [-0.05, 0) is 43.2 Å². The number of nitrogens with zero attached hydrogens (tertiary/aromatic N) is 8. The molecular formula is C24H23ClF3N9O3. The Bertz CT molecular complexity index is 1580. The summed E-state index contributed by atoms with van der Waals surface area (Å²) < 4.78 is 42.4. The molecule has 1 amide bonds. The zero-order chi connectivity index (χ0) is 28.6. The van der Waals surface area contributed by atoms with Crippen molar-refractivity contribution in [2.24, 2.45) is 5.73 Å². The van der Waals surface area contributed by atoms with Crippen molar-refractivity contribution in [2.75, 3.05) is 11.4 Å². The second kappa shape index (κ2) is 10.7. The molecule has 0 saturated carbocycles. The lowest BCUT2D eigenvalue weighted by molar-refractivity contribution is -0.207. The van der Waals surface area contributed by atoms with Crippen molar-refractivity contribution in [1.82, 2.24) is 34.1 Å². The molecule has 1 aliphatic heterocycles. The summed E-state index contributed by atoms with van der Waals surface area (Å²) in [6.45, 7) is -0.723. The molecule has 4 heterocycles. The maximum Gasteiger partial charge on any atom is 0.416 e. The van der Waals surface area contributed by atoms with Gasteiger partial charge in [-0.25, -0.2) is 19.1 Å². The molecule has 16 heteroatoms. The van der Waals surface area contributed by atoms with E-state index in [1.165, 1.54) is 35.3 Å². The molecule has 0 spiro atoms. The molecule has 0 aliphatic carbocycles. The minimum Gasteiger partial charge on any atom is -0.382 e.